The summed E-state index contributed by atoms with van der Waals surface area (Å²) in [7, 11) is -3.28. The second kappa shape index (κ2) is 9.97. The first kappa shape index (κ1) is 22.1. The Hall–Kier alpha value is -1.55. The molecule has 3 aromatic rings. The highest BCUT2D eigenvalue weighted by Gasteiger charge is 2.13. The van der Waals surface area contributed by atoms with E-state index in [2.05, 4.69) is 4.99 Å². The standard InChI is InChI=1S/C20H22N2O3S4/c1-26-13-11-22-17-9-8-16(29(2,24)25)14-18(17)28-20(22)21-19(23)10-12-27-15-6-4-3-5-7-15/h3-9,14H,10-13H2,1-2H3. The number of aryl methyl sites for hydroxylation is 1. The van der Waals surface area contributed by atoms with Gasteiger partial charge in [-0.15, -0.1) is 11.8 Å². The number of nitrogens with zero attached hydrogens (tertiary/aromatic N) is 2. The Morgan fingerprint density at radius 2 is 1.90 bits per heavy atom. The fourth-order valence-corrected chi connectivity index (χ4v) is 5.77. The molecule has 0 bridgehead atoms. The van der Waals surface area contributed by atoms with Crippen LogP contribution in [0.5, 0.6) is 0 Å². The number of benzene rings is 2. The molecule has 1 heterocycles. The molecular weight excluding hydrogens is 444 g/mol. The van der Waals surface area contributed by atoms with Crippen LogP contribution in [0.1, 0.15) is 6.42 Å². The van der Waals surface area contributed by atoms with Gasteiger partial charge in [0.15, 0.2) is 14.6 Å². The largest absolute Gasteiger partial charge is 0.316 e. The molecule has 0 aliphatic heterocycles. The number of hydrogen-bond donors (Lipinski definition) is 0. The minimum absolute atomic E-state index is 0.166. The number of carbonyl (C=O) groups excluding carboxylic acids is 1. The maximum absolute atomic E-state index is 12.4. The summed E-state index contributed by atoms with van der Waals surface area (Å²) in [4.78, 5) is 18.8. The van der Waals surface area contributed by atoms with Gasteiger partial charge in [-0.25, -0.2) is 8.42 Å². The summed E-state index contributed by atoms with van der Waals surface area (Å²) in [6, 6.07) is 15.0. The van der Waals surface area contributed by atoms with Crippen molar-refractivity contribution in [2.75, 3.05) is 24.0 Å². The summed E-state index contributed by atoms with van der Waals surface area (Å²) in [6.07, 6.45) is 3.58. The van der Waals surface area contributed by atoms with Crippen LogP contribution >= 0.6 is 34.9 Å². The van der Waals surface area contributed by atoms with E-state index >= 15 is 0 Å². The van der Waals surface area contributed by atoms with E-state index in [0.717, 1.165) is 20.9 Å². The van der Waals surface area contributed by atoms with Crippen molar-refractivity contribution in [3.05, 3.63) is 53.3 Å². The van der Waals surface area contributed by atoms with Crippen molar-refractivity contribution in [3.63, 3.8) is 0 Å². The first-order chi connectivity index (χ1) is 13.9. The van der Waals surface area contributed by atoms with E-state index < -0.39 is 9.84 Å². The zero-order valence-corrected chi connectivity index (χ0v) is 19.5. The van der Waals surface area contributed by atoms with Crippen LogP contribution in [0.4, 0.5) is 0 Å². The second-order valence-electron chi connectivity index (χ2n) is 6.35. The van der Waals surface area contributed by atoms with Gasteiger partial charge in [-0.1, -0.05) is 29.5 Å². The van der Waals surface area contributed by atoms with E-state index in [0.29, 0.717) is 23.5 Å². The third-order valence-corrected chi connectivity index (χ3v) is 7.91. The number of carbonyl (C=O) groups is 1. The van der Waals surface area contributed by atoms with Gasteiger partial charge >= 0.3 is 0 Å². The van der Waals surface area contributed by atoms with E-state index in [1.165, 1.54) is 17.6 Å². The van der Waals surface area contributed by atoms with Gasteiger partial charge < -0.3 is 4.57 Å². The summed E-state index contributed by atoms with van der Waals surface area (Å²) in [5.74, 6) is 1.38. The lowest BCUT2D eigenvalue weighted by molar-refractivity contribution is -0.117. The fourth-order valence-electron chi connectivity index (χ4n) is 2.70. The predicted molar refractivity (Wildman–Crippen MR) is 124 cm³/mol. The summed E-state index contributed by atoms with van der Waals surface area (Å²) in [5, 5.41) is 0. The quantitative estimate of drug-likeness (QED) is 0.468. The minimum atomic E-state index is -3.28. The number of rotatable bonds is 8. The van der Waals surface area contributed by atoms with E-state index in [1.54, 1.807) is 41.7 Å². The van der Waals surface area contributed by atoms with Gasteiger partial charge in [0.05, 0.1) is 15.1 Å². The molecule has 5 nitrogen and oxygen atoms in total. The molecule has 9 heteroatoms. The van der Waals surface area contributed by atoms with Crippen molar-refractivity contribution in [2.45, 2.75) is 22.8 Å². The summed E-state index contributed by atoms with van der Waals surface area (Å²) >= 11 is 4.70. The van der Waals surface area contributed by atoms with Crippen LogP contribution < -0.4 is 4.80 Å². The molecule has 0 unspecified atom stereocenters. The van der Waals surface area contributed by atoms with Crippen LogP contribution in [0.2, 0.25) is 0 Å². The summed E-state index contributed by atoms with van der Waals surface area (Å²) < 4.78 is 26.6. The van der Waals surface area contributed by atoms with Crippen molar-refractivity contribution in [1.82, 2.24) is 4.57 Å². The normalized spacial score (nSPS) is 12.6. The van der Waals surface area contributed by atoms with E-state index in [-0.39, 0.29) is 10.8 Å². The molecule has 0 saturated heterocycles. The lowest BCUT2D eigenvalue weighted by Gasteiger charge is -2.04. The number of sulfone groups is 1. The summed E-state index contributed by atoms with van der Waals surface area (Å²) in [5.41, 5.74) is 0.904. The SMILES string of the molecule is CSCCn1c(=NC(=O)CCSc2ccccc2)sc2cc(S(C)(=O)=O)ccc21. The molecule has 0 atom stereocenters. The molecule has 0 saturated carbocycles. The molecule has 0 fully saturated rings. The van der Waals surface area contributed by atoms with Gasteiger partial charge in [0.25, 0.3) is 0 Å². The number of thioether (sulfide) groups is 2. The predicted octanol–water partition coefficient (Wildman–Crippen LogP) is 4.08. The molecule has 1 aromatic heterocycles. The Labute approximate surface area is 183 Å². The highest BCUT2D eigenvalue weighted by Crippen LogP contribution is 2.22. The van der Waals surface area contributed by atoms with E-state index in [4.69, 9.17) is 0 Å². The Morgan fingerprint density at radius 3 is 2.59 bits per heavy atom. The van der Waals surface area contributed by atoms with Crippen LogP contribution in [-0.4, -0.2) is 42.9 Å². The first-order valence-corrected chi connectivity index (χ1v) is 14.0. The molecule has 1 amide bonds. The molecule has 2 aromatic carbocycles. The number of fused-ring (bicyclic) bond motifs is 1. The van der Waals surface area contributed by atoms with Crippen LogP contribution in [0, 0.1) is 0 Å². The van der Waals surface area contributed by atoms with Gasteiger partial charge in [0.2, 0.25) is 5.91 Å². The molecule has 154 valence electrons. The van der Waals surface area contributed by atoms with Gasteiger partial charge in [0, 0.05) is 35.6 Å². The Balaban J connectivity index is 1.86. The van der Waals surface area contributed by atoms with Crippen molar-refractivity contribution in [2.24, 2.45) is 4.99 Å². The molecule has 29 heavy (non-hydrogen) atoms. The van der Waals surface area contributed by atoms with Crippen LogP contribution in [-0.2, 0) is 21.2 Å². The molecule has 3 rings (SSSR count). The monoisotopic (exact) mass is 466 g/mol. The third-order valence-electron chi connectivity index (χ3n) is 4.15. The molecule has 0 spiro atoms. The Kier molecular flexibility index (Phi) is 7.61. The number of thiazole rings is 1. The molecular formula is C20H22N2O3S4. The van der Waals surface area contributed by atoms with E-state index in [9.17, 15) is 13.2 Å². The molecule has 0 aliphatic rings. The average molecular weight is 467 g/mol. The van der Waals surface area contributed by atoms with Gasteiger partial charge in [0.1, 0.15) is 0 Å². The smallest absolute Gasteiger partial charge is 0.249 e. The lowest BCUT2D eigenvalue weighted by atomic mass is 10.3. The molecule has 0 N–H and O–H groups in total. The lowest BCUT2D eigenvalue weighted by Crippen LogP contribution is -2.18. The minimum Gasteiger partial charge on any atom is -0.316 e. The van der Waals surface area contributed by atoms with Crippen LogP contribution in [0.15, 0.2) is 63.3 Å². The maximum atomic E-state index is 12.4. The second-order valence-corrected chi connectivity index (χ2v) is 11.5. The zero-order chi connectivity index (χ0) is 20.9. The third kappa shape index (κ3) is 5.97. The number of aromatic nitrogens is 1. The van der Waals surface area contributed by atoms with Crippen LogP contribution in [0.3, 0.4) is 0 Å². The van der Waals surface area contributed by atoms with Crippen molar-refractivity contribution in [1.29, 1.82) is 0 Å². The summed E-state index contributed by atoms with van der Waals surface area (Å²) in [6.45, 7) is 0.713. The zero-order valence-electron chi connectivity index (χ0n) is 16.2. The Morgan fingerprint density at radius 1 is 1.14 bits per heavy atom. The molecule has 0 aliphatic carbocycles. The van der Waals surface area contributed by atoms with Gasteiger partial charge in [-0.2, -0.15) is 16.8 Å². The average Bonchev–Trinajstić information content (AvgIpc) is 3.02. The highest BCUT2D eigenvalue weighted by atomic mass is 32.2. The van der Waals surface area contributed by atoms with Gasteiger partial charge in [-0.3, -0.25) is 4.79 Å². The fraction of sp³-hybridized carbons (Fsp3) is 0.300. The molecule has 0 radical (unpaired) electrons. The van der Waals surface area contributed by atoms with E-state index in [1.807, 2.05) is 41.2 Å². The first-order valence-electron chi connectivity index (χ1n) is 8.96. The van der Waals surface area contributed by atoms with Crippen molar-refractivity contribution in [3.8, 4) is 0 Å². The van der Waals surface area contributed by atoms with Crippen LogP contribution in [0.25, 0.3) is 10.2 Å². The number of hydrogen-bond acceptors (Lipinski definition) is 6. The maximum Gasteiger partial charge on any atom is 0.249 e. The highest BCUT2D eigenvalue weighted by molar-refractivity contribution is 7.99. The topological polar surface area (TPSA) is 68.5 Å². The Bertz CT molecular complexity index is 1170. The van der Waals surface area contributed by atoms with Gasteiger partial charge in [-0.05, 0) is 36.6 Å². The number of amides is 1. The van der Waals surface area contributed by atoms with Crippen molar-refractivity contribution >= 4 is 60.8 Å². The van der Waals surface area contributed by atoms with Crippen molar-refractivity contribution < 1.29 is 13.2 Å².